The zero-order chi connectivity index (χ0) is 10.1. The lowest BCUT2D eigenvalue weighted by atomic mass is 9.94. The van der Waals surface area contributed by atoms with Crippen molar-refractivity contribution in [3.05, 3.63) is 23.6 Å². The number of hydrogen-bond donors (Lipinski definition) is 0. The maximum Gasteiger partial charge on any atom is 0.395 e. The summed E-state index contributed by atoms with van der Waals surface area (Å²) in [5, 5.41) is 0. The highest BCUT2D eigenvalue weighted by atomic mass is 127. The fourth-order valence-electron chi connectivity index (χ4n) is 1.14. The molecule has 0 aromatic rings. The highest BCUT2D eigenvalue weighted by Crippen LogP contribution is 2.36. The molecule has 0 bridgehead atoms. The SMILES string of the molecule is FC1=CC(C(F)(F)F)CC(CI)=C1. The van der Waals surface area contributed by atoms with E-state index in [1.54, 1.807) is 0 Å². The van der Waals surface area contributed by atoms with E-state index in [0.29, 0.717) is 16.1 Å². The molecule has 0 fully saturated rings. The molecule has 0 spiro atoms. The van der Waals surface area contributed by atoms with Gasteiger partial charge in [-0.05, 0) is 18.6 Å². The van der Waals surface area contributed by atoms with E-state index in [1.165, 1.54) is 6.08 Å². The highest BCUT2D eigenvalue weighted by Gasteiger charge is 2.39. The molecule has 0 aliphatic heterocycles. The van der Waals surface area contributed by atoms with E-state index in [0.717, 1.165) is 0 Å². The van der Waals surface area contributed by atoms with Gasteiger partial charge in [0.25, 0.3) is 0 Å². The van der Waals surface area contributed by atoms with Gasteiger partial charge in [-0.15, -0.1) is 0 Å². The zero-order valence-electron chi connectivity index (χ0n) is 6.54. The molecular formula is C8H7F4I. The van der Waals surface area contributed by atoms with Crippen molar-refractivity contribution in [1.82, 2.24) is 0 Å². The molecule has 0 saturated carbocycles. The predicted octanol–water partition coefficient (Wildman–Crippen LogP) is 3.78. The normalized spacial score (nSPS) is 23.9. The number of alkyl halides is 4. The van der Waals surface area contributed by atoms with Gasteiger partial charge in [-0.3, -0.25) is 0 Å². The van der Waals surface area contributed by atoms with Crippen LogP contribution in [0, 0.1) is 5.92 Å². The Kier molecular flexibility index (Phi) is 3.37. The maximum absolute atomic E-state index is 12.7. The quantitative estimate of drug-likeness (QED) is 0.393. The lowest BCUT2D eigenvalue weighted by Gasteiger charge is -2.20. The molecule has 1 aliphatic rings. The lowest BCUT2D eigenvalue weighted by molar-refractivity contribution is -0.161. The number of halogens is 5. The third-order valence-electron chi connectivity index (χ3n) is 1.78. The largest absolute Gasteiger partial charge is 0.395 e. The van der Waals surface area contributed by atoms with Gasteiger partial charge in [0.15, 0.2) is 0 Å². The standard InChI is InChI=1S/C8H7F4I/c9-7-2-5(4-13)1-6(3-7)8(10,11)12/h2-3,6H,1,4H2. The number of allylic oxidation sites excluding steroid dienone is 4. The van der Waals surface area contributed by atoms with Gasteiger partial charge in [-0.2, -0.15) is 13.2 Å². The molecule has 1 atom stereocenters. The van der Waals surface area contributed by atoms with Crippen LogP contribution in [-0.4, -0.2) is 10.6 Å². The summed E-state index contributed by atoms with van der Waals surface area (Å²) >= 11 is 1.93. The van der Waals surface area contributed by atoms with Crippen LogP contribution >= 0.6 is 22.6 Å². The van der Waals surface area contributed by atoms with Crippen LogP contribution in [0.25, 0.3) is 0 Å². The van der Waals surface area contributed by atoms with Crippen LogP contribution in [0.2, 0.25) is 0 Å². The second kappa shape index (κ2) is 3.98. The monoisotopic (exact) mass is 306 g/mol. The van der Waals surface area contributed by atoms with E-state index in [1.807, 2.05) is 22.6 Å². The van der Waals surface area contributed by atoms with Crippen molar-refractivity contribution in [1.29, 1.82) is 0 Å². The highest BCUT2D eigenvalue weighted by molar-refractivity contribution is 14.1. The molecule has 13 heavy (non-hydrogen) atoms. The Hall–Kier alpha value is -0.0700. The Balaban J connectivity index is 2.81. The van der Waals surface area contributed by atoms with Gasteiger partial charge in [-0.25, -0.2) is 4.39 Å². The smallest absolute Gasteiger partial charge is 0.207 e. The fraction of sp³-hybridized carbons (Fsp3) is 0.500. The first kappa shape index (κ1) is 11.0. The van der Waals surface area contributed by atoms with Crippen molar-refractivity contribution in [3.63, 3.8) is 0 Å². The summed E-state index contributed by atoms with van der Waals surface area (Å²) < 4.78 is 49.7. The van der Waals surface area contributed by atoms with Gasteiger partial charge in [0.1, 0.15) is 5.83 Å². The molecule has 0 radical (unpaired) electrons. The summed E-state index contributed by atoms with van der Waals surface area (Å²) in [7, 11) is 0. The maximum atomic E-state index is 12.7. The molecule has 0 heterocycles. The van der Waals surface area contributed by atoms with E-state index in [2.05, 4.69) is 0 Å². The molecule has 1 rings (SSSR count). The third-order valence-corrected chi connectivity index (χ3v) is 2.76. The van der Waals surface area contributed by atoms with E-state index in [9.17, 15) is 17.6 Å². The first-order valence-electron chi connectivity index (χ1n) is 3.63. The zero-order valence-corrected chi connectivity index (χ0v) is 8.69. The topological polar surface area (TPSA) is 0 Å². The van der Waals surface area contributed by atoms with Crippen molar-refractivity contribution in [2.24, 2.45) is 5.92 Å². The molecule has 0 saturated heterocycles. The molecule has 0 nitrogen and oxygen atoms in total. The Bertz CT molecular complexity index is 251. The average molecular weight is 306 g/mol. The van der Waals surface area contributed by atoms with E-state index < -0.39 is 17.9 Å². The number of rotatable bonds is 1. The van der Waals surface area contributed by atoms with Crippen molar-refractivity contribution in [2.75, 3.05) is 4.43 Å². The van der Waals surface area contributed by atoms with Gasteiger partial charge in [0.05, 0.1) is 5.92 Å². The molecule has 0 amide bonds. The van der Waals surface area contributed by atoms with Crippen LogP contribution in [0.5, 0.6) is 0 Å². The Morgan fingerprint density at radius 1 is 1.46 bits per heavy atom. The van der Waals surface area contributed by atoms with Gasteiger partial charge >= 0.3 is 6.18 Å². The molecule has 74 valence electrons. The molecule has 5 heteroatoms. The van der Waals surface area contributed by atoms with Crippen LogP contribution in [0.4, 0.5) is 17.6 Å². The van der Waals surface area contributed by atoms with Crippen LogP contribution in [-0.2, 0) is 0 Å². The minimum Gasteiger partial charge on any atom is -0.207 e. The average Bonchev–Trinajstić information content (AvgIpc) is 2.01. The molecular weight excluding hydrogens is 299 g/mol. The van der Waals surface area contributed by atoms with E-state index in [4.69, 9.17) is 0 Å². The summed E-state index contributed by atoms with van der Waals surface area (Å²) in [6.07, 6.45) is -2.63. The van der Waals surface area contributed by atoms with Gasteiger partial charge in [0, 0.05) is 4.43 Å². The molecule has 1 unspecified atom stereocenters. The van der Waals surface area contributed by atoms with Crippen LogP contribution in [0.3, 0.4) is 0 Å². The van der Waals surface area contributed by atoms with Crippen molar-refractivity contribution >= 4 is 22.6 Å². The molecule has 1 aliphatic carbocycles. The Morgan fingerprint density at radius 3 is 2.54 bits per heavy atom. The van der Waals surface area contributed by atoms with Crippen LogP contribution in [0.15, 0.2) is 23.6 Å². The summed E-state index contributed by atoms with van der Waals surface area (Å²) in [6, 6.07) is 0. The van der Waals surface area contributed by atoms with Crippen molar-refractivity contribution in [3.8, 4) is 0 Å². The predicted molar refractivity (Wildman–Crippen MR) is 50.3 cm³/mol. The summed E-state index contributed by atoms with van der Waals surface area (Å²) in [4.78, 5) is 0. The fourth-order valence-corrected chi connectivity index (χ4v) is 1.67. The van der Waals surface area contributed by atoms with E-state index in [-0.39, 0.29) is 6.42 Å². The molecule has 0 N–H and O–H groups in total. The second-order valence-corrected chi connectivity index (χ2v) is 3.60. The van der Waals surface area contributed by atoms with Crippen molar-refractivity contribution < 1.29 is 17.6 Å². The first-order valence-corrected chi connectivity index (χ1v) is 5.15. The van der Waals surface area contributed by atoms with Crippen LogP contribution in [0.1, 0.15) is 6.42 Å². The molecule has 0 aromatic carbocycles. The van der Waals surface area contributed by atoms with Gasteiger partial charge in [-0.1, -0.05) is 28.2 Å². The summed E-state index contributed by atoms with van der Waals surface area (Å²) in [6.45, 7) is 0. The number of hydrogen-bond acceptors (Lipinski definition) is 0. The summed E-state index contributed by atoms with van der Waals surface area (Å²) in [5.74, 6) is -2.43. The van der Waals surface area contributed by atoms with Gasteiger partial charge < -0.3 is 0 Å². The summed E-state index contributed by atoms with van der Waals surface area (Å²) in [5.41, 5.74) is 0.503. The van der Waals surface area contributed by atoms with Crippen molar-refractivity contribution in [2.45, 2.75) is 12.6 Å². The first-order chi connectivity index (χ1) is 5.93. The Labute approximate surface area is 86.8 Å². The Morgan fingerprint density at radius 2 is 2.08 bits per heavy atom. The molecule has 0 aromatic heterocycles. The van der Waals surface area contributed by atoms with Gasteiger partial charge in [0.2, 0.25) is 0 Å². The van der Waals surface area contributed by atoms with Crippen LogP contribution < -0.4 is 0 Å². The van der Waals surface area contributed by atoms with E-state index >= 15 is 0 Å². The lowest BCUT2D eigenvalue weighted by Crippen LogP contribution is -2.23. The second-order valence-electron chi connectivity index (χ2n) is 2.84. The third kappa shape index (κ3) is 2.96. The minimum absolute atomic E-state index is 0.111. The minimum atomic E-state index is -4.33.